The normalized spacial score (nSPS) is 13.9. The van der Waals surface area contributed by atoms with Crippen LogP contribution in [0.5, 0.6) is 0 Å². The molecule has 0 aliphatic rings. The zero-order chi connectivity index (χ0) is 11.2. The summed E-state index contributed by atoms with van der Waals surface area (Å²) in [5.41, 5.74) is 0. The molecule has 0 radical (unpaired) electrons. The first-order valence-electron chi connectivity index (χ1n) is 4.02. The van der Waals surface area contributed by atoms with Gasteiger partial charge in [0.25, 0.3) is 0 Å². The van der Waals surface area contributed by atoms with E-state index in [2.05, 4.69) is 0 Å². The highest BCUT2D eigenvalue weighted by molar-refractivity contribution is 5.02. The van der Waals surface area contributed by atoms with Crippen molar-refractivity contribution in [1.29, 1.82) is 0 Å². The summed E-state index contributed by atoms with van der Waals surface area (Å²) in [5, 5.41) is 16.4. The van der Waals surface area contributed by atoms with Gasteiger partial charge in [0.05, 0.1) is 6.61 Å². The van der Waals surface area contributed by atoms with E-state index < -0.39 is 37.9 Å². The monoisotopic (exact) mass is 216 g/mol. The number of halogens is 4. The van der Waals surface area contributed by atoms with E-state index in [1.165, 1.54) is 0 Å². The SMILES string of the molecule is OC/C=C/C(F)(F)C(F)(F)CCCO. The van der Waals surface area contributed by atoms with Crippen LogP contribution in [0.1, 0.15) is 12.8 Å². The van der Waals surface area contributed by atoms with Crippen LogP contribution in [0.3, 0.4) is 0 Å². The van der Waals surface area contributed by atoms with Crippen LogP contribution in [-0.4, -0.2) is 35.3 Å². The van der Waals surface area contributed by atoms with E-state index in [4.69, 9.17) is 10.2 Å². The summed E-state index contributed by atoms with van der Waals surface area (Å²) in [5.74, 6) is -8.48. The number of hydrogen-bond acceptors (Lipinski definition) is 2. The largest absolute Gasteiger partial charge is 0.396 e. The molecule has 2 nitrogen and oxygen atoms in total. The Bertz CT molecular complexity index is 192. The highest BCUT2D eigenvalue weighted by atomic mass is 19.3. The van der Waals surface area contributed by atoms with Crippen LogP contribution in [-0.2, 0) is 0 Å². The van der Waals surface area contributed by atoms with Crippen molar-refractivity contribution in [3.8, 4) is 0 Å². The second-order valence-corrected chi connectivity index (χ2v) is 2.74. The minimum Gasteiger partial charge on any atom is -0.396 e. The van der Waals surface area contributed by atoms with E-state index in [9.17, 15) is 17.6 Å². The molecule has 0 rings (SSSR count). The standard InChI is InChI=1S/C8H12F4O2/c9-7(10,3-1-5-13)8(11,12)4-2-6-14/h1,3,13-14H,2,4-6H2/b3-1+. The molecule has 6 heteroatoms. The minimum atomic E-state index is -4.29. The zero-order valence-corrected chi connectivity index (χ0v) is 7.39. The fourth-order valence-electron chi connectivity index (χ4n) is 0.790. The Morgan fingerprint density at radius 2 is 1.64 bits per heavy atom. The van der Waals surface area contributed by atoms with Crippen molar-refractivity contribution in [2.75, 3.05) is 13.2 Å². The highest BCUT2D eigenvalue weighted by Gasteiger charge is 2.53. The molecule has 14 heavy (non-hydrogen) atoms. The van der Waals surface area contributed by atoms with E-state index in [-0.39, 0.29) is 6.08 Å². The summed E-state index contributed by atoms with van der Waals surface area (Å²) >= 11 is 0. The number of allylic oxidation sites excluding steroid dienone is 1. The van der Waals surface area contributed by atoms with Crippen LogP contribution in [0, 0.1) is 0 Å². The van der Waals surface area contributed by atoms with E-state index >= 15 is 0 Å². The first kappa shape index (κ1) is 13.4. The van der Waals surface area contributed by atoms with E-state index in [1.54, 1.807) is 0 Å². The smallest absolute Gasteiger partial charge is 0.328 e. The molecule has 84 valence electrons. The molecule has 0 fully saturated rings. The van der Waals surface area contributed by atoms with Crippen LogP contribution in [0.4, 0.5) is 17.6 Å². The van der Waals surface area contributed by atoms with Crippen LogP contribution in [0.15, 0.2) is 12.2 Å². The maximum Gasteiger partial charge on any atom is 0.328 e. The van der Waals surface area contributed by atoms with Crippen molar-refractivity contribution in [2.24, 2.45) is 0 Å². The molecular formula is C8H12F4O2. The molecule has 0 unspecified atom stereocenters. The number of hydrogen-bond donors (Lipinski definition) is 2. The molecule has 0 saturated carbocycles. The summed E-state index contributed by atoms with van der Waals surface area (Å²) in [6.45, 7) is -1.28. The molecular weight excluding hydrogens is 204 g/mol. The number of alkyl halides is 4. The maximum atomic E-state index is 12.7. The lowest BCUT2D eigenvalue weighted by atomic mass is 10.1. The molecule has 0 aromatic carbocycles. The van der Waals surface area contributed by atoms with Crippen LogP contribution >= 0.6 is 0 Å². The quantitative estimate of drug-likeness (QED) is 0.522. The summed E-state index contributed by atoms with van der Waals surface area (Å²) < 4.78 is 50.8. The van der Waals surface area contributed by atoms with Gasteiger partial charge in [-0.15, -0.1) is 0 Å². The molecule has 0 aliphatic carbocycles. The number of rotatable bonds is 6. The molecule has 0 aromatic heterocycles. The van der Waals surface area contributed by atoms with Crippen LogP contribution < -0.4 is 0 Å². The Hall–Kier alpha value is -0.620. The van der Waals surface area contributed by atoms with Gasteiger partial charge in [0.2, 0.25) is 0 Å². The lowest BCUT2D eigenvalue weighted by molar-refractivity contribution is -0.184. The molecule has 0 heterocycles. The van der Waals surface area contributed by atoms with E-state index in [0.717, 1.165) is 0 Å². The van der Waals surface area contributed by atoms with Crippen molar-refractivity contribution in [3.63, 3.8) is 0 Å². The maximum absolute atomic E-state index is 12.7. The van der Waals surface area contributed by atoms with Crippen molar-refractivity contribution >= 4 is 0 Å². The molecule has 0 aromatic rings. The van der Waals surface area contributed by atoms with Gasteiger partial charge in [0.15, 0.2) is 0 Å². The predicted molar refractivity (Wildman–Crippen MR) is 42.4 cm³/mol. The summed E-state index contributed by atoms with van der Waals surface area (Å²) in [6.07, 6.45) is -0.945. The molecule has 0 spiro atoms. The fourth-order valence-corrected chi connectivity index (χ4v) is 0.790. The molecule has 0 bridgehead atoms. The van der Waals surface area contributed by atoms with Crippen LogP contribution in [0.25, 0.3) is 0 Å². The Morgan fingerprint density at radius 3 is 2.07 bits per heavy atom. The summed E-state index contributed by atoms with van der Waals surface area (Å²) in [6, 6.07) is 0. The predicted octanol–water partition coefficient (Wildman–Crippen LogP) is 1.58. The zero-order valence-electron chi connectivity index (χ0n) is 7.39. The van der Waals surface area contributed by atoms with Gasteiger partial charge in [0.1, 0.15) is 0 Å². The molecule has 0 aliphatic heterocycles. The van der Waals surface area contributed by atoms with E-state index in [0.29, 0.717) is 6.08 Å². The highest BCUT2D eigenvalue weighted by Crippen LogP contribution is 2.38. The second-order valence-electron chi connectivity index (χ2n) is 2.74. The molecule has 0 saturated heterocycles. The number of aliphatic hydroxyl groups excluding tert-OH is 2. The van der Waals surface area contributed by atoms with Gasteiger partial charge in [-0.3, -0.25) is 0 Å². The summed E-state index contributed by atoms with van der Waals surface area (Å²) in [7, 11) is 0. The van der Waals surface area contributed by atoms with Gasteiger partial charge >= 0.3 is 11.8 Å². The molecule has 2 N–H and O–H groups in total. The topological polar surface area (TPSA) is 40.5 Å². The van der Waals surface area contributed by atoms with Gasteiger partial charge in [-0.05, 0) is 12.5 Å². The van der Waals surface area contributed by atoms with Gasteiger partial charge in [0, 0.05) is 13.0 Å². The van der Waals surface area contributed by atoms with Crippen molar-refractivity contribution in [3.05, 3.63) is 12.2 Å². The third-order valence-electron chi connectivity index (χ3n) is 1.57. The summed E-state index contributed by atoms with van der Waals surface area (Å²) in [4.78, 5) is 0. The average molecular weight is 216 g/mol. The van der Waals surface area contributed by atoms with Gasteiger partial charge in [-0.25, -0.2) is 0 Å². The van der Waals surface area contributed by atoms with Crippen molar-refractivity contribution in [2.45, 2.75) is 24.7 Å². The van der Waals surface area contributed by atoms with E-state index in [1.807, 2.05) is 0 Å². The fraction of sp³-hybridized carbons (Fsp3) is 0.750. The second kappa shape index (κ2) is 5.31. The average Bonchev–Trinajstić information content (AvgIpc) is 2.11. The Morgan fingerprint density at radius 1 is 1.07 bits per heavy atom. The van der Waals surface area contributed by atoms with Crippen molar-refractivity contribution in [1.82, 2.24) is 0 Å². The molecule has 0 atom stereocenters. The number of aliphatic hydroxyl groups is 2. The van der Waals surface area contributed by atoms with Crippen molar-refractivity contribution < 1.29 is 27.8 Å². The lowest BCUT2D eigenvalue weighted by Crippen LogP contribution is -2.38. The Labute approximate surface area is 78.9 Å². The first-order chi connectivity index (χ1) is 6.37. The minimum absolute atomic E-state index is 0.0234. The van der Waals surface area contributed by atoms with Crippen LogP contribution in [0.2, 0.25) is 0 Å². The lowest BCUT2D eigenvalue weighted by Gasteiger charge is -2.23. The van der Waals surface area contributed by atoms with Gasteiger partial charge < -0.3 is 10.2 Å². The van der Waals surface area contributed by atoms with Gasteiger partial charge in [-0.1, -0.05) is 6.08 Å². The first-order valence-corrected chi connectivity index (χ1v) is 4.02. The Kier molecular flexibility index (Phi) is 5.07. The molecule has 0 amide bonds. The van der Waals surface area contributed by atoms with Gasteiger partial charge in [-0.2, -0.15) is 17.6 Å². The third-order valence-corrected chi connectivity index (χ3v) is 1.57. The Balaban J connectivity index is 4.43. The third kappa shape index (κ3) is 3.63.